The maximum absolute atomic E-state index is 11.6. The molecule has 1 aliphatic carbocycles. The van der Waals surface area contributed by atoms with Gasteiger partial charge in [0.1, 0.15) is 0 Å². The van der Waals surface area contributed by atoms with Crippen LogP contribution in [0, 0.1) is 5.92 Å². The Hall–Kier alpha value is -1.64. The molecule has 0 amide bonds. The van der Waals surface area contributed by atoms with Crippen molar-refractivity contribution < 1.29 is 14.3 Å². The van der Waals surface area contributed by atoms with Crippen LogP contribution in [0.4, 0.5) is 0 Å². The molecule has 3 heteroatoms. The summed E-state index contributed by atoms with van der Waals surface area (Å²) in [5.74, 6) is -0.146. The lowest BCUT2D eigenvalue weighted by atomic mass is 10.0. The van der Waals surface area contributed by atoms with Gasteiger partial charge < -0.3 is 4.74 Å². The van der Waals surface area contributed by atoms with Gasteiger partial charge in [-0.3, -0.25) is 9.59 Å². The number of hydrogen-bond donors (Lipinski definition) is 0. The van der Waals surface area contributed by atoms with Crippen LogP contribution < -0.4 is 0 Å². The van der Waals surface area contributed by atoms with Crippen molar-refractivity contribution >= 4 is 11.8 Å². The highest BCUT2D eigenvalue weighted by atomic mass is 16.5. The predicted octanol–water partition coefficient (Wildman–Crippen LogP) is 2.17. The van der Waals surface area contributed by atoms with Crippen LogP contribution in [0.15, 0.2) is 18.2 Å². The maximum atomic E-state index is 11.6. The van der Waals surface area contributed by atoms with E-state index in [-0.39, 0.29) is 17.7 Å². The van der Waals surface area contributed by atoms with Crippen molar-refractivity contribution in [1.82, 2.24) is 0 Å². The van der Waals surface area contributed by atoms with E-state index in [1.807, 2.05) is 25.1 Å². The molecule has 2 rings (SSSR count). The van der Waals surface area contributed by atoms with E-state index >= 15 is 0 Å². The van der Waals surface area contributed by atoms with E-state index < -0.39 is 0 Å². The van der Waals surface area contributed by atoms with Gasteiger partial charge in [0.15, 0.2) is 5.78 Å². The Kier molecular flexibility index (Phi) is 3.27. The average Bonchev–Trinajstić information content (AvgIpc) is 2.71. The van der Waals surface area contributed by atoms with Gasteiger partial charge in [0, 0.05) is 5.56 Å². The SMILES string of the molecule is CCOC(=O)[C@@H]1Cc2ccc(C(C)=O)cc2C1. The molecule has 0 aromatic heterocycles. The zero-order valence-corrected chi connectivity index (χ0v) is 10.2. The molecule has 1 atom stereocenters. The van der Waals surface area contributed by atoms with E-state index in [1.54, 1.807) is 6.92 Å². The van der Waals surface area contributed by atoms with Crippen LogP contribution in [0.5, 0.6) is 0 Å². The fourth-order valence-electron chi connectivity index (χ4n) is 2.26. The van der Waals surface area contributed by atoms with Crippen LogP contribution in [-0.2, 0) is 22.4 Å². The van der Waals surface area contributed by atoms with E-state index in [2.05, 4.69) is 0 Å². The Morgan fingerprint density at radius 2 is 2.00 bits per heavy atom. The van der Waals surface area contributed by atoms with E-state index in [9.17, 15) is 9.59 Å². The Morgan fingerprint density at radius 3 is 2.65 bits per heavy atom. The van der Waals surface area contributed by atoms with Crippen molar-refractivity contribution in [3.05, 3.63) is 34.9 Å². The summed E-state index contributed by atoms with van der Waals surface area (Å²) >= 11 is 0. The highest BCUT2D eigenvalue weighted by Crippen LogP contribution is 2.28. The van der Waals surface area contributed by atoms with Crippen LogP contribution in [0.1, 0.15) is 35.3 Å². The fraction of sp³-hybridized carbons (Fsp3) is 0.429. The molecule has 0 saturated carbocycles. The lowest BCUT2D eigenvalue weighted by molar-refractivity contribution is -0.147. The average molecular weight is 232 g/mol. The summed E-state index contributed by atoms with van der Waals surface area (Å²) in [7, 11) is 0. The molecule has 1 aromatic rings. The van der Waals surface area contributed by atoms with Gasteiger partial charge in [-0.25, -0.2) is 0 Å². The number of hydrogen-bond acceptors (Lipinski definition) is 3. The van der Waals surface area contributed by atoms with Crippen molar-refractivity contribution in [2.75, 3.05) is 6.61 Å². The first-order valence-electron chi connectivity index (χ1n) is 5.91. The van der Waals surface area contributed by atoms with Gasteiger partial charge in [-0.1, -0.05) is 12.1 Å². The first-order valence-corrected chi connectivity index (χ1v) is 5.91. The number of ketones is 1. The third-order valence-electron chi connectivity index (χ3n) is 3.17. The third kappa shape index (κ3) is 2.38. The monoisotopic (exact) mass is 232 g/mol. The highest BCUT2D eigenvalue weighted by molar-refractivity contribution is 5.94. The smallest absolute Gasteiger partial charge is 0.309 e. The lowest BCUT2D eigenvalue weighted by Gasteiger charge is -2.06. The van der Waals surface area contributed by atoms with Crippen LogP contribution in [-0.4, -0.2) is 18.4 Å². The van der Waals surface area contributed by atoms with Crippen molar-refractivity contribution in [2.24, 2.45) is 5.92 Å². The molecule has 0 heterocycles. The summed E-state index contributed by atoms with van der Waals surface area (Å²) in [5, 5.41) is 0. The van der Waals surface area contributed by atoms with Gasteiger partial charge >= 0.3 is 5.97 Å². The number of ether oxygens (including phenoxy) is 1. The molecule has 90 valence electrons. The Morgan fingerprint density at radius 1 is 1.29 bits per heavy atom. The number of Topliss-reactive ketones (excluding diaryl/α,β-unsaturated/α-hetero) is 1. The minimum absolute atomic E-state index is 0.0624. The quantitative estimate of drug-likeness (QED) is 0.592. The molecule has 0 unspecified atom stereocenters. The zero-order valence-electron chi connectivity index (χ0n) is 10.2. The van der Waals surface area contributed by atoms with E-state index in [4.69, 9.17) is 4.74 Å². The molecule has 1 aliphatic rings. The molecule has 17 heavy (non-hydrogen) atoms. The van der Waals surface area contributed by atoms with Gasteiger partial charge in [0.2, 0.25) is 0 Å². The van der Waals surface area contributed by atoms with Gasteiger partial charge in [-0.15, -0.1) is 0 Å². The van der Waals surface area contributed by atoms with E-state index in [1.165, 1.54) is 0 Å². The van der Waals surface area contributed by atoms with Gasteiger partial charge in [0.05, 0.1) is 12.5 Å². The normalized spacial score (nSPS) is 17.6. The lowest BCUT2D eigenvalue weighted by Crippen LogP contribution is -2.17. The third-order valence-corrected chi connectivity index (χ3v) is 3.17. The van der Waals surface area contributed by atoms with E-state index in [0.717, 1.165) is 17.5 Å². The second-order valence-electron chi connectivity index (χ2n) is 4.40. The van der Waals surface area contributed by atoms with Crippen LogP contribution in [0.2, 0.25) is 0 Å². The highest BCUT2D eigenvalue weighted by Gasteiger charge is 2.28. The molecule has 0 fully saturated rings. The van der Waals surface area contributed by atoms with Gasteiger partial charge in [0.25, 0.3) is 0 Å². The number of carbonyl (C=O) groups is 2. The van der Waals surface area contributed by atoms with Gasteiger partial charge in [-0.05, 0) is 43.9 Å². The summed E-state index contributed by atoms with van der Waals surface area (Å²) in [6.07, 6.45) is 1.42. The Bertz CT molecular complexity index is 463. The molecule has 0 spiro atoms. The summed E-state index contributed by atoms with van der Waals surface area (Å²) in [6.45, 7) is 3.79. The molecule has 1 aromatic carbocycles. The molecule has 0 aliphatic heterocycles. The standard InChI is InChI=1S/C14H16O3/c1-3-17-14(16)13-7-11-5-4-10(9(2)15)6-12(11)8-13/h4-6,13H,3,7-8H2,1-2H3/t13-/m1/s1. The fourth-order valence-corrected chi connectivity index (χ4v) is 2.26. The second-order valence-corrected chi connectivity index (χ2v) is 4.40. The number of rotatable bonds is 3. The van der Waals surface area contributed by atoms with Crippen molar-refractivity contribution in [1.29, 1.82) is 0 Å². The second kappa shape index (κ2) is 4.70. The molecule has 3 nitrogen and oxygen atoms in total. The van der Waals surface area contributed by atoms with Gasteiger partial charge in [-0.2, -0.15) is 0 Å². The molecule has 0 N–H and O–H groups in total. The maximum Gasteiger partial charge on any atom is 0.309 e. The first-order chi connectivity index (χ1) is 8.11. The topological polar surface area (TPSA) is 43.4 Å². The van der Waals surface area contributed by atoms with Crippen molar-refractivity contribution in [3.8, 4) is 0 Å². The molecule has 0 radical (unpaired) electrons. The Balaban J connectivity index is 2.16. The van der Waals surface area contributed by atoms with E-state index in [0.29, 0.717) is 18.6 Å². The molecule has 0 saturated heterocycles. The van der Waals surface area contributed by atoms with Crippen LogP contribution in [0.3, 0.4) is 0 Å². The summed E-state index contributed by atoms with van der Waals surface area (Å²) < 4.78 is 5.03. The summed E-state index contributed by atoms with van der Waals surface area (Å²) in [5.41, 5.74) is 2.98. The number of fused-ring (bicyclic) bond motifs is 1. The van der Waals surface area contributed by atoms with Crippen LogP contribution >= 0.6 is 0 Å². The van der Waals surface area contributed by atoms with Crippen molar-refractivity contribution in [3.63, 3.8) is 0 Å². The summed E-state index contributed by atoms with van der Waals surface area (Å²) in [6, 6.07) is 5.68. The minimum Gasteiger partial charge on any atom is -0.466 e. The molecular formula is C14H16O3. The largest absolute Gasteiger partial charge is 0.466 e. The molecular weight excluding hydrogens is 216 g/mol. The Labute approximate surface area is 101 Å². The minimum atomic E-state index is -0.131. The van der Waals surface area contributed by atoms with Crippen LogP contribution in [0.25, 0.3) is 0 Å². The first kappa shape index (κ1) is 11.8. The number of carbonyl (C=O) groups excluding carboxylic acids is 2. The molecule has 0 bridgehead atoms. The zero-order chi connectivity index (χ0) is 12.4. The number of esters is 1. The number of benzene rings is 1. The van der Waals surface area contributed by atoms with Crippen molar-refractivity contribution in [2.45, 2.75) is 26.7 Å². The summed E-state index contributed by atoms with van der Waals surface area (Å²) in [4.78, 5) is 22.9. The predicted molar refractivity (Wildman–Crippen MR) is 64.0 cm³/mol.